The average Bonchev–Trinajstić information content (AvgIpc) is 2.90. The van der Waals surface area contributed by atoms with E-state index in [1.807, 2.05) is 36.1 Å². The molecular weight excluding hydrogens is 472 g/mol. The number of hydrogen-bond acceptors (Lipinski definition) is 5. The Morgan fingerprint density at radius 2 is 1.81 bits per heavy atom. The smallest absolute Gasteiger partial charge is 0.240 e. The maximum atomic E-state index is 12.6. The normalized spacial score (nSPS) is 22.3. The molecule has 0 bridgehead atoms. The van der Waals surface area contributed by atoms with Gasteiger partial charge in [0.05, 0.1) is 10.9 Å². The first-order valence-corrected chi connectivity index (χ1v) is 14.7. The molecular formula is C28H42N4O3S. The van der Waals surface area contributed by atoms with E-state index in [1.165, 1.54) is 5.56 Å². The molecule has 198 valence electrons. The van der Waals surface area contributed by atoms with Crippen molar-refractivity contribution in [2.75, 3.05) is 31.5 Å². The van der Waals surface area contributed by atoms with Crippen LogP contribution in [0.1, 0.15) is 63.1 Å². The first-order valence-electron chi connectivity index (χ1n) is 13.2. The minimum absolute atomic E-state index is 0.0783. The van der Waals surface area contributed by atoms with Crippen LogP contribution in [0, 0.1) is 12.8 Å². The third-order valence-corrected chi connectivity index (χ3v) is 8.55. The van der Waals surface area contributed by atoms with Crippen LogP contribution in [-0.2, 0) is 14.8 Å². The second kappa shape index (κ2) is 13.8. The van der Waals surface area contributed by atoms with Crippen molar-refractivity contribution in [3.63, 3.8) is 0 Å². The minimum atomic E-state index is -3.43. The van der Waals surface area contributed by atoms with Gasteiger partial charge in [-0.25, -0.2) is 13.1 Å². The van der Waals surface area contributed by atoms with Crippen LogP contribution in [0.4, 0.5) is 5.69 Å². The van der Waals surface area contributed by atoms with Gasteiger partial charge in [-0.3, -0.25) is 4.79 Å². The van der Waals surface area contributed by atoms with Crippen LogP contribution < -0.4 is 15.4 Å². The quantitative estimate of drug-likeness (QED) is 0.453. The fourth-order valence-corrected chi connectivity index (χ4v) is 6.05. The molecule has 1 saturated carbocycles. The van der Waals surface area contributed by atoms with Crippen LogP contribution in [0.5, 0.6) is 0 Å². The number of nitrogens with one attached hydrogen (secondary N) is 3. The highest BCUT2D eigenvalue weighted by Gasteiger charge is 2.24. The monoisotopic (exact) mass is 514 g/mol. The van der Waals surface area contributed by atoms with Crippen molar-refractivity contribution >= 4 is 22.1 Å². The Morgan fingerprint density at radius 3 is 2.47 bits per heavy atom. The van der Waals surface area contributed by atoms with Crippen molar-refractivity contribution < 1.29 is 13.2 Å². The van der Waals surface area contributed by atoms with Crippen LogP contribution in [0.3, 0.4) is 0 Å². The summed E-state index contributed by atoms with van der Waals surface area (Å²) < 4.78 is 28.0. The maximum absolute atomic E-state index is 12.6. The van der Waals surface area contributed by atoms with Gasteiger partial charge in [0.25, 0.3) is 0 Å². The van der Waals surface area contributed by atoms with E-state index in [0.29, 0.717) is 10.8 Å². The topological polar surface area (TPSA) is 90.5 Å². The zero-order valence-electron chi connectivity index (χ0n) is 21.9. The van der Waals surface area contributed by atoms with E-state index in [2.05, 4.69) is 41.3 Å². The molecule has 2 fully saturated rings. The van der Waals surface area contributed by atoms with Gasteiger partial charge in [0, 0.05) is 37.9 Å². The molecule has 1 amide bonds. The van der Waals surface area contributed by atoms with E-state index >= 15 is 0 Å². The largest absolute Gasteiger partial charge is 0.385 e. The molecule has 1 aliphatic carbocycles. The lowest BCUT2D eigenvalue weighted by Crippen LogP contribution is -2.45. The predicted octanol–water partition coefficient (Wildman–Crippen LogP) is 4.46. The average molecular weight is 515 g/mol. The highest BCUT2D eigenvalue weighted by atomic mass is 32.2. The molecule has 3 N–H and O–H groups in total. The van der Waals surface area contributed by atoms with Gasteiger partial charge < -0.3 is 15.5 Å². The summed E-state index contributed by atoms with van der Waals surface area (Å²) in [5.41, 5.74) is 3.17. The third kappa shape index (κ3) is 8.05. The number of carbonyl (C=O) groups is 1. The number of hydrogen-bond donors (Lipinski definition) is 3. The number of benzene rings is 2. The van der Waals surface area contributed by atoms with Gasteiger partial charge in [0.1, 0.15) is 0 Å². The summed E-state index contributed by atoms with van der Waals surface area (Å²) in [6, 6.07) is 15.7. The number of carbonyl (C=O) groups excluding carboxylic acids is 1. The standard InChI is InChI=1S/C17H28N2O2S.C11H14N2O/c1-4-11-18-17-12-16(10-7-14(17)3)22(20,21)19-15-8-5-13(2)6-9-15;14-9-13-7-6-12-8-11(13)10-4-2-1-3-5-10/h7,10,12-13,15,18-19H,4-6,8-9,11H2,1-3H3;1-5,9,11-12H,6-8H2/t;11-/m.1/s1. The second-order valence-electron chi connectivity index (χ2n) is 9.96. The Bertz CT molecular complexity index is 1050. The van der Waals surface area contributed by atoms with E-state index in [1.54, 1.807) is 12.1 Å². The van der Waals surface area contributed by atoms with Crippen molar-refractivity contribution in [2.45, 2.75) is 69.9 Å². The number of anilines is 1. The van der Waals surface area contributed by atoms with Gasteiger partial charge in [-0.05, 0) is 68.2 Å². The lowest BCUT2D eigenvalue weighted by atomic mass is 9.88. The molecule has 0 unspecified atom stereocenters. The van der Waals surface area contributed by atoms with Gasteiger partial charge in [-0.2, -0.15) is 0 Å². The molecule has 4 rings (SSSR count). The van der Waals surface area contributed by atoms with Crippen LogP contribution in [-0.4, -0.2) is 51.9 Å². The van der Waals surface area contributed by atoms with E-state index in [9.17, 15) is 13.2 Å². The minimum Gasteiger partial charge on any atom is -0.385 e. The molecule has 1 heterocycles. The molecule has 1 aliphatic heterocycles. The van der Waals surface area contributed by atoms with E-state index in [4.69, 9.17) is 0 Å². The number of aryl methyl sites for hydroxylation is 1. The van der Waals surface area contributed by atoms with Crippen molar-refractivity contribution in [3.05, 3.63) is 59.7 Å². The first-order chi connectivity index (χ1) is 17.3. The fourth-order valence-electron chi connectivity index (χ4n) is 4.71. The summed E-state index contributed by atoms with van der Waals surface area (Å²) in [4.78, 5) is 13.1. The summed E-state index contributed by atoms with van der Waals surface area (Å²) in [5.74, 6) is 0.713. The number of amides is 1. The number of piperazine rings is 1. The number of rotatable bonds is 8. The third-order valence-electron chi connectivity index (χ3n) is 7.03. The summed E-state index contributed by atoms with van der Waals surface area (Å²) in [7, 11) is -3.43. The SMILES string of the molecule is CCCNc1cc(S(=O)(=O)NC2CCC(C)CC2)ccc1C.O=CN1CCNC[C@@H]1c1ccccc1. The summed E-state index contributed by atoms with van der Waals surface area (Å²) in [5, 5.41) is 6.59. The molecule has 0 radical (unpaired) electrons. The van der Waals surface area contributed by atoms with Crippen LogP contribution in [0.15, 0.2) is 53.4 Å². The molecule has 0 aromatic heterocycles. The molecule has 8 heteroatoms. The summed E-state index contributed by atoms with van der Waals surface area (Å²) in [6.45, 7) is 9.70. The zero-order valence-corrected chi connectivity index (χ0v) is 22.7. The van der Waals surface area contributed by atoms with Crippen molar-refractivity contribution in [3.8, 4) is 0 Å². The number of nitrogens with zero attached hydrogens (tertiary/aromatic N) is 1. The van der Waals surface area contributed by atoms with Crippen LogP contribution in [0.2, 0.25) is 0 Å². The Balaban J connectivity index is 0.000000221. The summed E-state index contributed by atoms with van der Waals surface area (Å²) in [6.07, 6.45) is 6.03. The molecule has 2 aliphatic rings. The van der Waals surface area contributed by atoms with E-state index < -0.39 is 10.0 Å². The zero-order chi connectivity index (χ0) is 26.0. The van der Waals surface area contributed by atoms with Gasteiger partial charge in [-0.15, -0.1) is 0 Å². The van der Waals surface area contributed by atoms with Gasteiger partial charge in [0.15, 0.2) is 0 Å². The van der Waals surface area contributed by atoms with Crippen molar-refractivity contribution in [1.82, 2.24) is 14.9 Å². The molecule has 2 aromatic carbocycles. The molecule has 0 spiro atoms. The van der Waals surface area contributed by atoms with E-state index in [0.717, 1.165) is 75.9 Å². The van der Waals surface area contributed by atoms with Gasteiger partial charge in [-0.1, -0.05) is 50.2 Å². The Hall–Kier alpha value is -2.42. The molecule has 36 heavy (non-hydrogen) atoms. The highest BCUT2D eigenvalue weighted by Crippen LogP contribution is 2.26. The molecule has 1 saturated heterocycles. The van der Waals surface area contributed by atoms with Gasteiger partial charge in [0.2, 0.25) is 16.4 Å². The highest BCUT2D eigenvalue weighted by molar-refractivity contribution is 7.89. The lowest BCUT2D eigenvalue weighted by molar-refractivity contribution is -0.121. The molecule has 1 atom stereocenters. The second-order valence-corrected chi connectivity index (χ2v) is 11.7. The Morgan fingerprint density at radius 1 is 1.08 bits per heavy atom. The van der Waals surface area contributed by atoms with Crippen LogP contribution in [0.25, 0.3) is 0 Å². The maximum Gasteiger partial charge on any atom is 0.240 e. The Labute approximate surface area is 217 Å². The number of sulfonamides is 1. The van der Waals surface area contributed by atoms with E-state index in [-0.39, 0.29) is 12.1 Å². The lowest BCUT2D eigenvalue weighted by Gasteiger charge is -2.33. The molecule has 7 nitrogen and oxygen atoms in total. The summed E-state index contributed by atoms with van der Waals surface area (Å²) >= 11 is 0. The van der Waals surface area contributed by atoms with Crippen molar-refractivity contribution in [2.24, 2.45) is 5.92 Å². The molecule has 2 aromatic rings. The first kappa shape index (κ1) is 28.2. The predicted molar refractivity (Wildman–Crippen MR) is 147 cm³/mol. The van der Waals surface area contributed by atoms with Gasteiger partial charge >= 0.3 is 0 Å². The van der Waals surface area contributed by atoms with Crippen LogP contribution >= 0.6 is 0 Å². The van der Waals surface area contributed by atoms with Crippen molar-refractivity contribution in [1.29, 1.82) is 0 Å². The Kier molecular flexibility index (Phi) is 10.8. The fraction of sp³-hybridized carbons (Fsp3) is 0.536.